The van der Waals surface area contributed by atoms with E-state index in [0.717, 1.165) is 31.4 Å². The van der Waals surface area contributed by atoms with Crippen LogP contribution in [0.3, 0.4) is 0 Å². The van der Waals surface area contributed by atoms with Crippen molar-refractivity contribution in [2.24, 2.45) is 5.92 Å². The number of alkyl halides is 3. The molecule has 1 aromatic heterocycles. The molecule has 2 aromatic carbocycles. The summed E-state index contributed by atoms with van der Waals surface area (Å²) in [6.45, 7) is 2.02. The monoisotopic (exact) mass is 538 g/mol. The van der Waals surface area contributed by atoms with Crippen LogP contribution in [0.1, 0.15) is 60.0 Å². The van der Waals surface area contributed by atoms with Gasteiger partial charge in [-0.2, -0.15) is 13.2 Å². The fourth-order valence-electron chi connectivity index (χ4n) is 5.73. The molecule has 2 amide bonds. The fourth-order valence-corrected chi connectivity index (χ4v) is 5.73. The van der Waals surface area contributed by atoms with Gasteiger partial charge in [0.1, 0.15) is 0 Å². The zero-order valence-electron chi connectivity index (χ0n) is 21.8. The van der Waals surface area contributed by atoms with Gasteiger partial charge in [0.05, 0.1) is 28.9 Å². The van der Waals surface area contributed by atoms with E-state index < -0.39 is 11.7 Å². The molecule has 0 radical (unpaired) electrons. The molecule has 39 heavy (non-hydrogen) atoms. The Balaban J connectivity index is 1.60. The van der Waals surface area contributed by atoms with Crippen LogP contribution in [-0.2, 0) is 17.5 Å². The molecule has 9 heteroatoms. The van der Waals surface area contributed by atoms with Gasteiger partial charge in [-0.05, 0) is 24.5 Å². The highest BCUT2D eigenvalue weighted by molar-refractivity contribution is 6.09. The number of rotatable bonds is 7. The molecule has 0 bridgehead atoms. The Kier molecular flexibility index (Phi) is 8.16. The van der Waals surface area contributed by atoms with Crippen molar-refractivity contribution in [3.05, 3.63) is 65.2 Å². The first-order chi connectivity index (χ1) is 18.8. The summed E-state index contributed by atoms with van der Waals surface area (Å²) >= 11 is 0. The molecule has 2 heterocycles. The lowest BCUT2D eigenvalue weighted by molar-refractivity contribution is -0.137. The number of carbonyl (C=O) groups is 2. The van der Waals surface area contributed by atoms with E-state index in [-0.39, 0.29) is 30.4 Å². The molecular formula is C30H33F3N4O2. The number of hydrogen-bond donors (Lipinski definition) is 2. The van der Waals surface area contributed by atoms with Gasteiger partial charge < -0.3 is 10.6 Å². The largest absolute Gasteiger partial charge is 0.416 e. The third kappa shape index (κ3) is 6.41. The first-order valence-electron chi connectivity index (χ1n) is 13.7. The SMILES string of the molecule is O=C1CN(Cc2c(-c3ccccc3)nc3cc(C(F)(F)F)ccc3c2C(=O)NCCC2CCCCC2)CCN1. The highest BCUT2D eigenvalue weighted by Crippen LogP contribution is 2.36. The van der Waals surface area contributed by atoms with Crippen molar-refractivity contribution < 1.29 is 22.8 Å². The Morgan fingerprint density at radius 1 is 1.08 bits per heavy atom. The number of carbonyl (C=O) groups excluding carboxylic acids is 2. The van der Waals surface area contributed by atoms with Crippen LogP contribution in [0.15, 0.2) is 48.5 Å². The van der Waals surface area contributed by atoms with Gasteiger partial charge in [0.25, 0.3) is 5.91 Å². The maximum atomic E-state index is 13.8. The van der Waals surface area contributed by atoms with Gasteiger partial charge >= 0.3 is 6.18 Å². The minimum atomic E-state index is -4.54. The summed E-state index contributed by atoms with van der Waals surface area (Å²) in [5.74, 6) is 0.143. The van der Waals surface area contributed by atoms with Crippen molar-refractivity contribution in [3.63, 3.8) is 0 Å². The van der Waals surface area contributed by atoms with Crippen molar-refractivity contribution in [3.8, 4) is 11.3 Å². The first kappa shape index (κ1) is 27.1. The quantitative estimate of drug-likeness (QED) is 0.414. The molecule has 6 nitrogen and oxygen atoms in total. The van der Waals surface area contributed by atoms with Crippen LogP contribution >= 0.6 is 0 Å². The van der Waals surface area contributed by atoms with Crippen molar-refractivity contribution in [2.75, 3.05) is 26.2 Å². The van der Waals surface area contributed by atoms with E-state index >= 15 is 0 Å². The second-order valence-electron chi connectivity index (χ2n) is 10.5. The van der Waals surface area contributed by atoms with Crippen LogP contribution in [0.5, 0.6) is 0 Å². The van der Waals surface area contributed by atoms with Gasteiger partial charge in [-0.25, -0.2) is 4.98 Å². The number of benzene rings is 2. The third-order valence-electron chi connectivity index (χ3n) is 7.75. The van der Waals surface area contributed by atoms with E-state index in [1.165, 1.54) is 25.3 Å². The number of piperazine rings is 1. The minimum Gasteiger partial charge on any atom is -0.354 e. The molecule has 206 valence electrons. The van der Waals surface area contributed by atoms with Crippen LogP contribution in [0.25, 0.3) is 22.2 Å². The van der Waals surface area contributed by atoms with E-state index in [4.69, 9.17) is 4.98 Å². The molecule has 3 aromatic rings. The smallest absolute Gasteiger partial charge is 0.354 e. The highest BCUT2D eigenvalue weighted by atomic mass is 19.4. The number of amides is 2. The Morgan fingerprint density at radius 2 is 1.85 bits per heavy atom. The molecule has 0 atom stereocenters. The zero-order valence-corrected chi connectivity index (χ0v) is 21.8. The van der Waals surface area contributed by atoms with Gasteiger partial charge in [-0.3, -0.25) is 14.5 Å². The van der Waals surface area contributed by atoms with Gasteiger partial charge in [0, 0.05) is 42.7 Å². The van der Waals surface area contributed by atoms with Gasteiger partial charge in [-0.15, -0.1) is 0 Å². The standard InChI is InChI=1S/C30H33F3N4O2/c31-30(32,33)22-11-12-23-25(17-22)36-28(21-9-5-2-6-10-21)24(18-37-16-15-34-26(38)19-37)27(23)29(39)35-14-13-20-7-3-1-4-8-20/h2,5-6,9-12,17,20H,1,3-4,7-8,13-16,18-19H2,(H,34,38)(H,35,39). The lowest BCUT2D eigenvalue weighted by Crippen LogP contribution is -2.47. The van der Waals surface area contributed by atoms with Crippen LogP contribution < -0.4 is 10.6 Å². The van der Waals surface area contributed by atoms with E-state index in [1.807, 2.05) is 35.2 Å². The molecule has 1 aliphatic carbocycles. The molecule has 2 aliphatic rings. The summed E-state index contributed by atoms with van der Waals surface area (Å²) in [7, 11) is 0. The van der Waals surface area contributed by atoms with E-state index in [2.05, 4.69) is 10.6 Å². The van der Waals surface area contributed by atoms with Crippen LogP contribution in [0.4, 0.5) is 13.2 Å². The third-order valence-corrected chi connectivity index (χ3v) is 7.75. The van der Waals surface area contributed by atoms with Crippen molar-refractivity contribution in [1.82, 2.24) is 20.5 Å². The Morgan fingerprint density at radius 3 is 2.56 bits per heavy atom. The molecule has 0 spiro atoms. The fraction of sp³-hybridized carbons (Fsp3) is 0.433. The predicted molar refractivity (Wildman–Crippen MR) is 144 cm³/mol. The molecule has 5 rings (SSSR count). The maximum Gasteiger partial charge on any atom is 0.416 e. The van der Waals surface area contributed by atoms with Gasteiger partial charge in [-0.1, -0.05) is 68.5 Å². The number of hydrogen-bond acceptors (Lipinski definition) is 4. The summed E-state index contributed by atoms with van der Waals surface area (Å²) in [4.78, 5) is 32.6. The molecule has 2 fully saturated rings. The summed E-state index contributed by atoms with van der Waals surface area (Å²) < 4.78 is 40.8. The molecule has 2 N–H and O–H groups in total. The normalized spacial score (nSPS) is 17.3. The lowest BCUT2D eigenvalue weighted by Gasteiger charge is -2.28. The Hall–Kier alpha value is -3.46. The number of halogens is 3. The van der Waals surface area contributed by atoms with Gasteiger partial charge in [0.2, 0.25) is 5.91 Å². The van der Waals surface area contributed by atoms with E-state index in [9.17, 15) is 22.8 Å². The Bertz CT molecular complexity index is 1340. The average molecular weight is 539 g/mol. The Labute approximate surface area is 226 Å². The van der Waals surface area contributed by atoms with Crippen LogP contribution in [0.2, 0.25) is 0 Å². The molecular weight excluding hydrogens is 505 g/mol. The molecule has 1 saturated carbocycles. The van der Waals surface area contributed by atoms with Crippen LogP contribution in [0, 0.1) is 5.92 Å². The molecule has 0 unspecified atom stereocenters. The topological polar surface area (TPSA) is 74.3 Å². The number of nitrogens with one attached hydrogen (secondary N) is 2. The second-order valence-corrected chi connectivity index (χ2v) is 10.5. The zero-order chi connectivity index (χ0) is 27.4. The summed E-state index contributed by atoms with van der Waals surface area (Å²) in [6, 6.07) is 12.5. The van der Waals surface area contributed by atoms with Crippen molar-refractivity contribution in [1.29, 1.82) is 0 Å². The van der Waals surface area contributed by atoms with E-state index in [0.29, 0.717) is 53.3 Å². The number of nitrogens with zero attached hydrogens (tertiary/aromatic N) is 2. The number of aromatic nitrogens is 1. The maximum absolute atomic E-state index is 13.8. The lowest BCUT2D eigenvalue weighted by atomic mass is 9.87. The van der Waals surface area contributed by atoms with Crippen molar-refractivity contribution in [2.45, 2.75) is 51.2 Å². The summed E-state index contributed by atoms with van der Waals surface area (Å²) in [5, 5.41) is 6.24. The highest BCUT2D eigenvalue weighted by Gasteiger charge is 2.32. The summed E-state index contributed by atoms with van der Waals surface area (Å²) in [6.07, 6.45) is 2.34. The predicted octanol–water partition coefficient (Wildman–Crippen LogP) is 5.55. The second kappa shape index (κ2) is 11.7. The van der Waals surface area contributed by atoms with Gasteiger partial charge in [0.15, 0.2) is 0 Å². The summed E-state index contributed by atoms with van der Waals surface area (Å²) in [5.41, 5.74) is 1.38. The minimum absolute atomic E-state index is 0.107. The molecule has 1 saturated heterocycles. The van der Waals surface area contributed by atoms with Crippen molar-refractivity contribution >= 4 is 22.7 Å². The average Bonchev–Trinajstić information content (AvgIpc) is 2.93. The van der Waals surface area contributed by atoms with Crippen LogP contribution in [-0.4, -0.2) is 47.9 Å². The molecule has 1 aliphatic heterocycles. The number of pyridine rings is 1. The first-order valence-corrected chi connectivity index (χ1v) is 13.7. The van der Waals surface area contributed by atoms with E-state index in [1.54, 1.807) is 0 Å². The number of fused-ring (bicyclic) bond motifs is 1.